The highest BCUT2D eigenvalue weighted by atomic mass is 32.2. The quantitative estimate of drug-likeness (QED) is 0.340. The van der Waals surface area contributed by atoms with Crippen molar-refractivity contribution in [1.29, 1.82) is 0 Å². The molecule has 0 aromatic heterocycles. The number of carbonyl (C=O) groups excluding carboxylic acids is 2. The number of nitrogens with zero attached hydrogens (tertiary/aromatic N) is 2. The summed E-state index contributed by atoms with van der Waals surface area (Å²) in [5.74, 6) is -0.830. The number of ether oxygens (including phenoxy) is 2. The van der Waals surface area contributed by atoms with Crippen molar-refractivity contribution in [3.8, 4) is 11.5 Å². The summed E-state index contributed by atoms with van der Waals surface area (Å²) >= 11 is 0. The lowest BCUT2D eigenvalue weighted by molar-refractivity contribution is -0.139. The van der Waals surface area contributed by atoms with Gasteiger partial charge in [-0.1, -0.05) is 29.8 Å². The van der Waals surface area contributed by atoms with Gasteiger partial charge in [0.25, 0.3) is 10.0 Å². The number of hydrogen-bond donors (Lipinski definition) is 1. The summed E-state index contributed by atoms with van der Waals surface area (Å²) in [5.41, 5.74) is 1.61. The first kappa shape index (κ1) is 31.4. The lowest BCUT2D eigenvalue weighted by Crippen LogP contribution is -2.52. The Morgan fingerprint density at radius 3 is 2.07 bits per heavy atom. The molecule has 3 aromatic carbocycles. The minimum Gasteiger partial charge on any atom is -0.493 e. The van der Waals surface area contributed by atoms with E-state index in [4.69, 9.17) is 9.47 Å². The molecule has 0 fully saturated rings. The number of anilines is 1. The zero-order chi connectivity index (χ0) is 30.3. The van der Waals surface area contributed by atoms with Crippen LogP contribution in [0, 0.1) is 12.7 Å². The van der Waals surface area contributed by atoms with Crippen molar-refractivity contribution in [2.75, 3.05) is 25.1 Å². The lowest BCUT2D eigenvalue weighted by atomic mass is 10.1. The highest BCUT2D eigenvalue weighted by Crippen LogP contribution is 2.34. The number of sulfonamides is 1. The topological polar surface area (TPSA) is 105 Å². The third kappa shape index (κ3) is 7.75. The number of halogens is 1. The van der Waals surface area contributed by atoms with E-state index in [1.165, 1.54) is 67.7 Å². The molecule has 0 aliphatic carbocycles. The molecule has 1 atom stereocenters. The number of benzene rings is 3. The molecule has 0 bridgehead atoms. The minimum atomic E-state index is -4.25. The summed E-state index contributed by atoms with van der Waals surface area (Å²) < 4.78 is 53.2. The van der Waals surface area contributed by atoms with Crippen LogP contribution in [-0.2, 0) is 26.2 Å². The van der Waals surface area contributed by atoms with Gasteiger partial charge in [0.15, 0.2) is 11.5 Å². The van der Waals surface area contributed by atoms with Crippen molar-refractivity contribution in [1.82, 2.24) is 10.2 Å². The molecule has 3 aromatic rings. The Hall–Kier alpha value is -4.12. The van der Waals surface area contributed by atoms with Crippen LogP contribution < -0.4 is 19.1 Å². The number of nitrogens with one attached hydrogen (secondary N) is 1. The average molecular weight is 586 g/mol. The van der Waals surface area contributed by atoms with Gasteiger partial charge >= 0.3 is 0 Å². The highest BCUT2D eigenvalue weighted by Gasteiger charge is 2.33. The summed E-state index contributed by atoms with van der Waals surface area (Å²) in [6.07, 6.45) is 0. The van der Waals surface area contributed by atoms with Gasteiger partial charge in [0, 0.05) is 18.7 Å². The predicted molar refractivity (Wildman–Crippen MR) is 155 cm³/mol. The van der Waals surface area contributed by atoms with Crippen LogP contribution in [0.5, 0.6) is 11.5 Å². The molecule has 0 spiro atoms. The Kier molecular flexibility index (Phi) is 10.3. The van der Waals surface area contributed by atoms with E-state index in [0.29, 0.717) is 11.3 Å². The molecule has 220 valence electrons. The van der Waals surface area contributed by atoms with Gasteiger partial charge in [0.1, 0.15) is 18.4 Å². The second-order valence-electron chi connectivity index (χ2n) is 9.85. The maximum atomic E-state index is 14.0. The fraction of sp³-hybridized carbons (Fsp3) is 0.333. The first-order valence-electron chi connectivity index (χ1n) is 13.0. The Balaban J connectivity index is 2.08. The van der Waals surface area contributed by atoms with Gasteiger partial charge < -0.3 is 19.7 Å². The molecule has 2 amide bonds. The van der Waals surface area contributed by atoms with Crippen LogP contribution in [0.4, 0.5) is 10.1 Å². The second-order valence-corrected chi connectivity index (χ2v) is 11.7. The molecule has 11 heteroatoms. The van der Waals surface area contributed by atoms with E-state index in [9.17, 15) is 22.4 Å². The maximum Gasteiger partial charge on any atom is 0.264 e. The Labute approximate surface area is 240 Å². The summed E-state index contributed by atoms with van der Waals surface area (Å²) in [4.78, 5) is 28.2. The van der Waals surface area contributed by atoms with Gasteiger partial charge in [0.05, 0.1) is 24.8 Å². The third-order valence-corrected chi connectivity index (χ3v) is 8.20. The summed E-state index contributed by atoms with van der Waals surface area (Å²) in [6, 6.07) is 15.2. The molecule has 3 rings (SSSR count). The Morgan fingerprint density at radius 2 is 1.51 bits per heavy atom. The number of methoxy groups -OCH3 is 2. The molecular weight excluding hydrogens is 549 g/mol. The van der Waals surface area contributed by atoms with Crippen molar-refractivity contribution in [2.24, 2.45) is 0 Å². The van der Waals surface area contributed by atoms with Crippen LogP contribution in [0.1, 0.15) is 31.9 Å². The van der Waals surface area contributed by atoms with E-state index < -0.39 is 40.2 Å². The van der Waals surface area contributed by atoms with Crippen LogP contribution in [0.3, 0.4) is 0 Å². The Morgan fingerprint density at radius 1 is 0.902 bits per heavy atom. The van der Waals surface area contributed by atoms with Gasteiger partial charge in [-0.05, 0) is 69.7 Å². The van der Waals surface area contributed by atoms with Crippen LogP contribution in [0.15, 0.2) is 71.6 Å². The number of carbonyl (C=O) groups is 2. The zero-order valence-electron chi connectivity index (χ0n) is 24.0. The lowest BCUT2D eigenvalue weighted by Gasteiger charge is -2.32. The second kappa shape index (κ2) is 13.5. The van der Waals surface area contributed by atoms with Crippen LogP contribution in [0.2, 0.25) is 0 Å². The molecule has 0 saturated carbocycles. The van der Waals surface area contributed by atoms with Gasteiger partial charge in [-0.15, -0.1) is 0 Å². The van der Waals surface area contributed by atoms with Crippen LogP contribution in [-0.4, -0.2) is 58.0 Å². The van der Waals surface area contributed by atoms with E-state index in [-0.39, 0.29) is 28.9 Å². The normalized spacial score (nSPS) is 12.0. The largest absolute Gasteiger partial charge is 0.493 e. The molecule has 1 N–H and O–H groups in total. The molecule has 0 unspecified atom stereocenters. The fourth-order valence-corrected chi connectivity index (χ4v) is 5.53. The highest BCUT2D eigenvalue weighted by molar-refractivity contribution is 7.92. The molecule has 0 saturated heterocycles. The van der Waals surface area contributed by atoms with Crippen molar-refractivity contribution >= 4 is 27.5 Å². The van der Waals surface area contributed by atoms with E-state index in [0.717, 1.165) is 9.87 Å². The fourth-order valence-electron chi connectivity index (χ4n) is 4.12. The van der Waals surface area contributed by atoms with Gasteiger partial charge in [-0.2, -0.15) is 0 Å². The van der Waals surface area contributed by atoms with Crippen molar-refractivity contribution < 1.29 is 31.9 Å². The molecule has 0 radical (unpaired) electrons. The average Bonchev–Trinajstić information content (AvgIpc) is 2.94. The van der Waals surface area contributed by atoms with Crippen molar-refractivity contribution in [3.63, 3.8) is 0 Å². The number of hydrogen-bond acceptors (Lipinski definition) is 6. The van der Waals surface area contributed by atoms with Crippen LogP contribution in [0.25, 0.3) is 0 Å². The molecule has 0 aliphatic rings. The molecule has 0 heterocycles. The molecule has 9 nitrogen and oxygen atoms in total. The summed E-state index contributed by atoms with van der Waals surface area (Å²) in [5, 5.41) is 2.79. The number of aryl methyl sites for hydroxylation is 1. The first-order chi connectivity index (χ1) is 19.4. The monoisotopic (exact) mass is 585 g/mol. The van der Waals surface area contributed by atoms with Gasteiger partial charge in [-0.3, -0.25) is 13.9 Å². The summed E-state index contributed by atoms with van der Waals surface area (Å²) in [6.45, 7) is 6.33. The standard InChI is InChI=1S/C30H36FN3O6S/c1-20(2)32-30(36)22(4)33(18-23-9-11-24(31)12-10-23)29(35)19-34(25-13-16-27(39-5)28(17-25)40-6)41(37,38)26-14-7-21(3)8-15-26/h7-17,20,22H,18-19H2,1-6H3,(H,32,36)/t22-/m0/s1. The van der Waals surface area contributed by atoms with Gasteiger partial charge in [-0.25, -0.2) is 12.8 Å². The van der Waals surface area contributed by atoms with E-state index in [2.05, 4.69) is 5.32 Å². The minimum absolute atomic E-state index is 0.0126. The zero-order valence-corrected chi connectivity index (χ0v) is 24.9. The third-order valence-electron chi connectivity index (χ3n) is 6.41. The number of rotatable bonds is 12. The number of amides is 2. The smallest absolute Gasteiger partial charge is 0.264 e. The van der Waals surface area contributed by atoms with Crippen molar-refractivity contribution in [3.05, 3.63) is 83.7 Å². The Bertz CT molecular complexity index is 1460. The van der Waals surface area contributed by atoms with E-state index in [1.807, 2.05) is 6.92 Å². The SMILES string of the molecule is COc1ccc(N(CC(=O)N(Cc2ccc(F)cc2)[C@@H](C)C(=O)NC(C)C)S(=O)(=O)c2ccc(C)cc2)cc1OC. The van der Waals surface area contributed by atoms with Crippen LogP contribution >= 0.6 is 0 Å². The molecule has 41 heavy (non-hydrogen) atoms. The maximum absolute atomic E-state index is 14.0. The van der Waals surface area contributed by atoms with Gasteiger partial charge in [0.2, 0.25) is 11.8 Å². The molecular formula is C30H36FN3O6S. The summed E-state index contributed by atoms with van der Waals surface area (Å²) in [7, 11) is -1.37. The van der Waals surface area contributed by atoms with E-state index in [1.54, 1.807) is 39.0 Å². The predicted octanol–water partition coefficient (Wildman–Crippen LogP) is 4.29. The van der Waals surface area contributed by atoms with Crippen molar-refractivity contribution in [2.45, 2.75) is 51.2 Å². The molecule has 0 aliphatic heterocycles. The first-order valence-corrected chi connectivity index (χ1v) is 14.5. The van der Waals surface area contributed by atoms with E-state index >= 15 is 0 Å².